The number of nitrogens with zero attached hydrogens (tertiary/aromatic N) is 1. The molecule has 0 N–H and O–H groups in total. The predicted molar refractivity (Wildman–Crippen MR) is 108 cm³/mol. The molecule has 0 saturated carbocycles. The maximum Gasteiger partial charge on any atom is 0.432 e. The first-order valence-electron chi connectivity index (χ1n) is 10.3. The highest BCUT2D eigenvalue weighted by molar-refractivity contribution is 5.60. The van der Waals surface area contributed by atoms with E-state index in [1.54, 1.807) is 6.07 Å². The van der Waals surface area contributed by atoms with Crippen LogP contribution in [0.25, 0.3) is 11.3 Å². The minimum absolute atomic E-state index is 0.113. The van der Waals surface area contributed by atoms with Crippen molar-refractivity contribution in [2.75, 3.05) is 6.61 Å². The van der Waals surface area contributed by atoms with Gasteiger partial charge in [-0.1, -0.05) is 13.0 Å². The van der Waals surface area contributed by atoms with E-state index in [0.29, 0.717) is 24.7 Å². The Morgan fingerprint density at radius 1 is 0.912 bits per heavy atom. The van der Waals surface area contributed by atoms with E-state index in [9.17, 15) is 30.7 Å². The molecule has 1 fully saturated rings. The third-order valence-corrected chi connectivity index (χ3v) is 5.49. The average molecular weight is 485 g/mol. The predicted octanol–water partition coefficient (Wildman–Crippen LogP) is 7.06. The summed E-state index contributed by atoms with van der Waals surface area (Å²) in [5.41, 5.74) is -0.975. The lowest BCUT2D eigenvalue weighted by Gasteiger charge is -2.27. The molecule has 1 aliphatic heterocycles. The Labute approximate surface area is 190 Å². The topological polar surface area (TPSA) is 31.4 Å². The zero-order valence-corrected chi connectivity index (χ0v) is 17.7. The van der Waals surface area contributed by atoms with E-state index in [1.807, 2.05) is 0 Å². The van der Waals surface area contributed by atoms with Crippen LogP contribution >= 0.6 is 0 Å². The van der Waals surface area contributed by atoms with E-state index in [1.165, 1.54) is 12.3 Å². The molecule has 0 bridgehead atoms. The fourth-order valence-corrected chi connectivity index (χ4v) is 3.70. The lowest BCUT2D eigenvalue weighted by Crippen LogP contribution is -2.25. The normalized spacial score (nSPS) is 18.7. The molecule has 1 aromatic heterocycles. The van der Waals surface area contributed by atoms with Gasteiger partial charge in [0, 0.05) is 30.5 Å². The second-order valence-electron chi connectivity index (χ2n) is 8.12. The zero-order chi connectivity index (χ0) is 24.6. The van der Waals surface area contributed by atoms with Gasteiger partial charge in [-0.15, -0.1) is 0 Å². The second kappa shape index (κ2) is 9.25. The summed E-state index contributed by atoms with van der Waals surface area (Å²) >= 11 is 0. The van der Waals surface area contributed by atoms with Crippen molar-refractivity contribution in [3.63, 3.8) is 0 Å². The monoisotopic (exact) mass is 485 g/mol. The first kappa shape index (κ1) is 24.0. The van der Waals surface area contributed by atoms with E-state index in [2.05, 4.69) is 16.6 Å². The van der Waals surface area contributed by atoms with E-state index in [0.717, 1.165) is 18.4 Å². The van der Waals surface area contributed by atoms with Crippen molar-refractivity contribution in [3.8, 4) is 17.0 Å². The van der Waals surface area contributed by atoms with E-state index in [4.69, 9.17) is 4.74 Å². The van der Waals surface area contributed by atoms with Gasteiger partial charge in [-0.25, -0.2) is 22.0 Å². The molecule has 2 unspecified atom stereocenters. The van der Waals surface area contributed by atoms with Crippen molar-refractivity contribution in [1.29, 1.82) is 0 Å². The molecule has 34 heavy (non-hydrogen) atoms. The van der Waals surface area contributed by atoms with Crippen molar-refractivity contribution in [2.45, 2.75) is 32.0 Å². The van der Waals surface area contributed by atoms with Gasteiger partial charge in [0.1, 0.15) is 22.9 Å². The van der Waals surface area contributed by atoms with Crippen molar-refractivity contribution in [2.24, 2.45) is 5.92 Å². The summed E-state index contributed by atoms with van der Waals surface area (Å²) in [4.78, 5) is 4.16. The smallest absolute Gasteiger partial charge is 0.429 e. The highest BCUT2D eigenvalue weighted by Gasteiger charge is 2.41. The lowest BCUT2D eigenvalue weighted by molar-refractivity contribution is -0.189. The Morgan fingerprint density at radius 3 is 2.09 bits per heavy atom. The van der Waals surface area contributed by atoms with Gasteiger partial charge in [-0.3, -0.25) is 4.98 Å². The number of alkyl halides is 2. The summed E-state index contributed by atoms with van der Waals surface area (Å²) in [6, 6.07) is 4.73. The van der Waals surface area contributed by atoms with Gasteiger partial charge in [-0.05, 0) is 42.5 Å². The maximum absolute atomic E-state index is 14.6. The van der Waals surface area contributed by atoms with Gasteiger partial charge in [0.25, 0.3) is 0 Å². The summed E-state index contributed by atoms with van der Waals surface area (Å²) in [6.45, 7) is 2.69. The van der Waals surface area contributed by atoms with Crippen LogP contribution in [0.1, 0.15) is 37.0 Å². The SMILES string of the molecule is CC1CCC(c2ccc(-c3cc(F)c(C(F)(F)Oc4cc(F)c(F)c(F)c4)c(F)c3)nc2)OC1. The summed E-state index contributed by atoms with van der Waals surface area (Å²) in [6.07, 6.45) is -1.52. The largest absolute Gasteiger partial charge is 0.432 e. The molecule has 3 aromatic rings. The summed E-state index contributed by atoms with van der Waals surface area (Å²) in [5.74, 6) is -9.54. The minimum atomic E-state index is -4.66. The van der Waals surface area contributed by atoms with Crippen molar-refractivity contribution < 1.29 is 40.2 Å². The summed E-state index contributed by atoms with van der Waals surface area (Å²) in [5, 5.41) is 0. The van der Waals surface area contributed by atoms with Gasteiger partial charge in [0.05, 0.1) is 11.8 Å². The standard InChI is InChI=1S/C24H18F7NO2/c1-12-2-5-21(33-11-12)13-3-4-20(32-10-13)14-6-16(25)22(17(26)7-14)24(30,31)34-15-8-18(27)23(29)19(28)9-15/h3-4,6-10,12,21H,2,5,11H2,1H3. The zero-order valence-electron chi connectivity index (χ0n) is 17.7. The van der Waals surface area contributed by atoms with Gasteiger partial charge in [0.15, 0.2) is 17.5 Å². The van der Waals surface area contributed by atoms with Crippen LogP contribution in [0.4, 0.5) is 30.7 Å². The van der Waals surface area contributed by atoms with Crippen LogP contribution in [-0.2, 0) is 10.8 Å². The maximum atomic E-state index is 14.6. The van der Waals surface area contributed by atoms with Crippen LogP contribution in [0.15, 0.2) is 42.6 Å². The molecule has 3 nitrogen and oxygen atoms in total. The number of pyridine rings is 1. The number of halogens is 7. The van der Waals surface area contributed by atoms with Crippen LogP contribution in [0, 0.1) is 35.0 Å². The minimum Gasteiger partial charge on any atom is -0.429 e. The molecule has 10 heteroatoms. The Balaban J connectivity index is 1.58. The highest BCUT2D eigenvalue weighted by Crippen LogP contribution is 2.38. The van der Waals surface area contributed by atoms with E-state index >= 15 is 0 Å². The molecular formula is C24H18F7NO2. The van der Waals surface area contributed by atoms with Crippen LogP contribution in [-0.4, -0.2) is 11.6 Å². The number of benzene rings is 2. The average Bonchev–Trinajstić information content (AvgIpc) is 2.77. The van der Waals surface area contributed by atoms with Gasteiger partial charge in [-0.2, -0.15) is 8.78 Å². The van der Waals surface area contributed by atoms with Crippen LogP contribution in [0.5, 0.6) is 5.75 Å². The Hall–Kier alpha value is -3.14. The quantitative estimate of drug-likeness (QED) is 0.286. The van der Waals surface area contributed by atoms with Crippen LogP contribution in [0.2, 0.25) is 0 Å². The van der Waals surface area contributed by atoms with E-state index in [-0.39, 0.29) is 29.5 Å². The second-order valence-corrected chi connectivity index (χ2v) is 8.12. The van der Waals surface area contributed by atoms with Crippen LogP contribution < -0.4 is 4.74 Å². The number of hydrogen-bond acceptors (Lipinski definition) is 3. The Morgan fingerprint density at radius 2 is 1.56 bits per heavy atom. The summed E-state index contributed by atoms with van der Waals surface area (Å²) < 4.78 is 108. The third kappa shape index (κ3) is 4.86. The van der Waals surface area contributed by atoms with Crippen molar-refractivity contribution >= 4 is 0 Å². The molecule has 180 valence electrons. The van der Waals surface area contributed by atoms with Gasteiger partial charge < -0.3 is 9.47 Å². The first-order chi connectivity index (χ1) is 16.0. The molecule has 2 aromatic carbocycles. The molecule has 2 heterocycles. The molecule has 0 spiro atoms. The lowest BCUT2D eigenvalue weighted by atomic mass is 9.96. The molecular weight excluding hydrogens is 467 g/mol. The molecule has 4 rings (SSSR count). The van der Waals surface area contributed by atoms with Crippen molar-refractivity contribution in [1.82, 2.24) is 4.98 Å². The summed E-state index contributed by atoms with van der Waals surface area (Å²) in [7, 11) is 0. The Kier molecular flexibility index (Phi) is 6.53. The molecule has 2 atom stereocenters. The fourth-order valence-electron chi connectivity index (χ4n) is 3.70. The van der Waals surface area contributed by atoms with Crippen molar-refractivity contribution in [3.05, 3.63) is 82.8 Å². The number of ether oxygens (including phenoxy) is 2. The molecule has 1 saturated heterocycles. The number of hydrogen-bond donors (Lipinski definition) is 0. The molecule has 0 radical (unpaired) electrons. The number of aromatic nitrogens is 1. The molecule has 1 aliphatic rings. The van der Waals surface area contributed by atoms with Gasteiger partial charge in [0.2, 0.25) is 0 Å². The molecule has 0 amide bonds. The van der Waals surface area contributed by atoms with Gasteiger partial charge >= 0.3 is 6.11 Å². The molecule has 0 aliphatic carbocycles. The van der Waals surface area contributed by atoms with E-state index < -0.39 is 46.5 Å². The highest BCUT2D eigenvalue weighted by atomic mass is 19.3. The first-order valence-corrected chi connectivity index (χ1v) is 10.3. The van der Waals surface area contributed by atoms with Crippen LogP contribution in [0.3, 0.4) is 0 Å². The fraction of sp³-hybridized carbons (Fsp3) is 0.292. The number of rotatable bonds is 5. The Bertz CT molecular complexity index is 1150. The third-order valence-electron chi connectivity index (χ3n) is 5.49.